The Kier molecular flexibility index (Phi) is 11.6. The van der Waals surface area contributed by atoms with Gasteiger partial charge < -0.3 is 30.3 Å². The maximum absolute atomic E-state index is 13.4. The second-order valence-corrected chi connectivity index (χ2v) is 11.8. The van der Waals surface area contributed by atoms with E-state index in [9.17, 15) is 9.59 Å². The fourth-order valence-corrected chi connectivity index (χ4v) is 5.83. The molecule has 3 aromatic rings. The number of rotatable bonds is 10. The van der Waals surface area contributed by atoms with Gasteiger partial charge in [0.25, 0.3) is 11.8 Å². The van der Waals surface area contributed by atoms with E-state index in [1.54, 1.807) is 12.1 Å². The molecule has 1 aliphatic rings. The number of thiocarbonyl (C=S) groups is 1. The van der Waals surface area contributed by atoms with Crippen LogP contribution >= 0.6 is 58.4 Å². The molecule has 0 spiro atoms. The van der Waals surface area contributed by atoms with Crippen LogP contribution in [-0.2, 0) is 11.3 Å². The van der Waals surface area contributed by atoms with Crippen LogP contribution < -0.4 is 20.7 Å². The molecule has 224 valence electrons. The number of thiophene rings is 1. The molecule has 1 saturated heterocycles. The third kappa shape index (κ3) is 8.44. The van der Waals surface area contributed by atoms with E-state index in [1.807, 2.05) is 17.3 Å². The van der Waals surface area contributed by atoms with Crippen molar-refractivity contribution in [1.82, 2.24) is 20.1 Å². The Morgan fingerprint density at radius 1 is 1.14 bits per heavy atom. The van der Waals surface area contributed by atoms with Gasteiger partial charge in [-0.15, -0.1) is 11.3 Å². The number of morpholine rings is 1. The number of carbonyl (C=O) groups is 2. The molecule has 3 heterocycles. The van der Waals surface area contributed by atoms with Crippen molar-refractivity contribution >= 4 is 86.8 Å². The second-order valence-electron chi connectivity index (χ2n) is 9.25. The van der Waals surface area contributed by atoms with E-state index in [0.717, 1.165) is 38.4 Å². The van der Waals surface area contributed by atoms with Crippen molar-refractivity contribution in [3.8, 4) is 5.75 Å². The van der Waals surface area contributed by atoms with Gasteiger partial charge in [-0.2, -0.15) is 0 Å². The molecule has 1 aromatic carbocycles. The first-order valence-electron chi connectivity index (χ1n) is 12.8. The maximum Gasteiger partial charge on any atom is 0.267 e. The number of halogens is 3. The summed E-state index contributed by atoms with van der Waals surface area (Å²) in [4.78, 5) is 35.1. The third-order valence-electron chi connectivity index (χ3n) is 6.31. The fraction of sp³-hybridized carbons (Fsp3) is 0.333. The van der Waals surface area contributed by atoms with Crippen LogP contribution in [0.3, 0.4) is 0 Å². The van der Waals surface area contributed by atoms with Crippen molar-refractivity contribution in [3.63, 3.8) is 0 Å². The van der Waals surface area contributed by atoms with E-state index in [2.05, 4.69) is 25.8 Å². The van der Waals surface area contributed by atoms with Crippen LogP contribution in [0.2, 0.25) is 15.1 Å². The van der Waals surface area contributed by atoms with Gasteiger partial charge in [0.1, 0.15) is 16.4 Å². The normalized spacial score (nSPS) is 13.4. The summed E-state index contributed by atoms with van der Waals surface area (Å²) in [6, 6.07) is 6.06. The molecule has 0 saturated carbocycles. The second kappa shape index (κ2) is 15.1. The zero-order valence-electron chi connectivity index (χ0n) is 22.8. The molecule has 2 amide bonds. The number of nitrogens with one attached hydrogen (secondary N) is 3. The summed E-state index contributed by atoms with van der Waals surface area (Å²) in [5.41, 5.74) is 0.944. The molecule has 4 rings (SSSR count). The Morgan fingerprint density at radius 3 is 2.60 bits per heavy atom. The van der Waals surface area contributed by atoms with Crippen LogP contribution in [-0.4, -0.2) is 85.3 Å². The zero-order valence-corrected chi connectivity index (χ0v) is 26.7. The quantitative estimate of drug-likeness (QED) is 0.249. The van der Waals surface area contributed by atoms with Gasteiger partial charge in [0, 0.05) is 62.6 Å². The number of aromatic nitrogens is 1. The molecule has 0 aliphatic carbocycles. The topological polar surface area (TPSA) is 108 Å². The molecule has 15 heteroatoms. The summed E-state index contributed by atoms with van der Waals surface area (Å²) in [5, 5.41) is 12.1. The van der Waals surface area contributed by atoms with Gasteiger partial charge in [0.15, 0.2) is 5.11 Å². The number of amides is 2. The monoisotopic (exact) mass is 670 g/mol. The SMILES string of the molecule is COc1cc(Cl)cc(C(=O)Nc2ccc(Cl)cn2)c1NC(=O)c1scc(CN(C)C(=S)NCCN2CCOCC2)c1Cl. The average Bonchev–Trinajstić information content (AvgIpc) is 3.34. The lowest BCUT2D eigenvalue weighted by atomic mass is 10.1. The van der Waals surface area contributed by atoms with Crippen molar-refractivity contribution in [3.05, 3.63) is 66.9 Å². The maximum atomic E-state index is 13.4. The zero-order chi connectivity index (χ0) is 30.2. The number of anilines is 2. The van der Waals surface area contributed by atoms with Crippen LogP contribution in [0.25, 0.3) is 0 Å². The van der Waals surface area contributed by atoms with E-state index >= 15 is 0 Å². The summed E-state index contributed by atoms with van der Waals surface area (Å²) < 4.78 is 10.8. The highest BCUT2D eigenvalue weighted by Gasteiger charge is 2.24. The fourth-order valence-electron chi connectivity index (χ4n) is 4.10. The molecule has 1 fully saturated rings. The Hall–Kier alpha value is -2.71. The molecule has 0 radical (unpaired) electrons. The minimum absolute atomic E-state index is 0.0746. The average molecular weight is 672 g/mol. The number of pyridine rings is 1. The number of benzene rings is 1. The van der Waals surface area contributed by atoms with Crippen molar-refractivity contribution < 1.29 is 19.1 Å². The molecule has 3 N–H and O–H groups in total. The first kappa shape index (κ1) is 32.2. The number of ether oxygens (including phenoxy) is 2. The Morgan fingerprint density at radius 2 is 1.90 bits per heavy atom. The lowest BCUT2D eigenvalue weighted by Crippen LogP contribution is -2.43. The standard InChI is InChI=1S/C27H29Cl3N6O4S2/c1-35(27(41)31-5-6-36-7-9-40-10-8-36)14-16-15-42-24(22(16)30)26(38)34-23-19(11-18(29)12-20(23)39-2)25(37)33-21-4-3-17(28)13-32-21/h3-4,11-13,15H,5-10,14H2,1-2H3,(H,31,41)(H,34,38)(H,32,33,37). The summed E-state index contributed by atoms with van der Waals surface area (Å²) in [7, 11) is 3.27. The van der Waals surface area contributed by atoms with Crippen LogP contribution in [0.4, 0.5) is 11.5 Å². The molecule has 10 nitrogen and oxygen atoms in total. The molecule has 0 bridgehead atoms. The Balaban J connectivity index is 1.43. The predicted molar refractivity (Wildman–Crippen MR) is 172 cm³/mol. The van der Waals surface area contributed by atoms with Crippen molar-refractivity contribution in [2.75, 3.05) is 64.2 Å². The Bertz CT molecular complexity index is 1430. The number of hydrogen-bond donors (Lipinski definition) is 3. The summed E-state index contributed by atoms with van der Waals surface area (Å²) >= 11 is 25.5. The number of methoxy groups -OCH3 is 1. The number of hydrogen-bond acceptors (Lipinski definition) is 8. The predicted octanol–water partition coefficient (Wildman–Crippen LogP) is 5.26. The van der Waals surface area contributed by atoms with Crippen LogP contribution in [0.15, 0.2) is 35.8 Å². The highest BCUT2D eigenvalue weighted by molar-refractivity contribution is 7.80. The van der Waals surface area contributed by atoms with Gasteiger partial charge in [-0.25, -0.2) is 4.98 Å². The summed E-state index contributed by atoms with van der Waals surface area (Å²) in [6.45, 7) is 5.29. The van der Waals surface area contributed by atoms with Crippen molar-refractivity contribution in [2.45, 2.75) is 6.54 Å². The van der Waals surface area contributed by atoms with Gasteiger partial charge in [-0.1, -0.05) is 34.8 Å². The minimum Gasteiger partial charge on any atom is -0.494 e. The molecule has 0 atom stereocenters. The van der Waals surface area contributed by atoms with Crippen LogP contribution in [0.1, 0.15) is 25.6 Å². The van der Waals surface area contributed by atoms with Gasteiger partial charge >= 0.3 is 0 Å². The lowest BCUT2D eigenvalue weighted by Gasteiger charge is -2.27. The number of nitrogens with zero attached hydrogens (tertiary/aromatic N) is 3. The molecule has 42 heavy (non-hydrogen) atoms. The van der Waals surface area contributed by atoms with Crippen molar-refractivity contribution in [2.24, 2.45) is 0 Å². The summed E-state index contributed by atoms with van der Waals surface area (Å²) in [6.07, 6.45) is 1.40. The summed E-state index contributed by atoms with van der Waals surface area (Å²) in [5.74, 6) is -0.602. The van der Waals surface area contributed by atoms with Crippen LogP contribution in [0, 0.1) is 0 Å². The van der Waals surface area contributed by atoms with E-state index in [1.165, 1.54) is 36.8 Å². The molecule has 1 aliphatic heterocycles. The van der Waals surface area contributed by atoms with Crippen molar-refractivity contribution in [1.29, 1.82) is 0 Å². The molecular weight excluding hydrogens is 643 g/mol. The molecule has 2 aromatic heterocycles. The smallest absolute Gasteiger partial charge is 0.267 e. The lowest BCUT2D eigenvalue weighted by molar-refractivity contribution is 0.0389. The van der Waals surface area contributed by atoms with E-state index in [0.29, 0.717) is 28.2 Å². The number of carbonyl (C=O) groups excluding carboxylic acids is 2. The Labute approximate surface area is 268 Å². The third-order valence-corrected chi connectivity index (χ3v) is 8.78. The van der Waals surface area contributed by atoms with Crippen LogP contribution in [0.5, 0.6) is 5.75 Å². The van der Waals surface area contributed by atoms with Gasteiger partial charge in [-0.3, -0.25) is 14.5 Å². The largest absolute Gasteiger partial charge is 0.494 e. The van der Waals surface area contributed by atoms with E-state index in [-0.39, 0.29) is 32.7 Å². The van der Waals surface area contributed by atoms with E-state index in [4.69, 9.17) is 56.5 Å². The molecule has 0 unspecified atom stereocenters. The van der Waals surface area contributed by atoms with Gasteiger partial charge in [0.2, 0.25) is 0 Å². The molecular formula is C27H29Cl3N6O4S2. The van der Waals surface area contributed by atoms with E-state index < -0.39 is 11.8 Å². The van der Waals surface area contributed by atoms with Gasteiger partial charge in [0.05, 0.1) is 41.6 Å². The highest BCUT2D eigenvalue weighted by Crippen LogP contribution is 2.35. The van der Waals surface area contributed by atoms with Gasteiger partial charge in [-0.05, 0) is 35.8 Å². The first-order valence-corrected chi connectivity index (χ1v) is 15.2. The minimum atomic E-state index is -0.560. The first-order chi connectivity index (χ1) is 20.2. The highest BCUT2D eigenvalue weighted by atomic mass is 35.5.